The molecular formula is C16H23ClN4. The van der Waals surface area contributed by atoms with Crippen LogP contribution < -0.4 is 9.80 Å². The predicted molar refractivity (Wildman–Crippen MR) is 91.0 cm³/mol. The normalized spacial score (nSPS) is 20.9. The zero-order valence-corrected chi connectivity index (χ0v) is 13.2. The van der Waals surface area contributed by atoms with E-state index in [1.807, 2.05) is 0 Å². The molecule has 3 heterocycles. The molecule has 21 heavy (non-hydrogen) atoms. The van der Waals surface area contributed by atoms with E-state index >= 15 is 0 Å². The topological polar surface area (TPSA) is 22.1 Å². The zero-order valence-electron chi connectivity index (χ0n) is 12.4. The second kappa shape index (κ2) is 6.24. The average Bonchev–Trinajstić information content (AvgIpc) is 3.07. The summed E-state index contributed by atoms with van der Waals surface area (Å²) in [5.74, 6) is 1.17. The highest BCUT2D eigenvalue weighted by atomic mass is 35.5. The minimum absolute atomic E-state index is 0. The van der Waals surface area contributed by atoms with Gasteiger partial charge in [0.1, 0.15) is 0 Å². The fourth-order valence-electron chi connectivity index (χ4n) is 3.57. The Bertz CT molecular complexity index is 525. The minimum atomic E-state index is 0. The first-order valence-corrected chi connectivity index (χ1v) is 7.84. The Balaban J connectivity index is 0.00000132. The molecule has 0 saturated carbocycles. The molecule has 0 aliphatic carbocycles. The first-order chi connectivity index (χ1) is 9.93. The number of piperidine rings is 1. The molecule has 114 valence electrons. The zero-order chi connectivity index (χ0) is 13.4. The van der Waals surface area contributed by atoms with E-state index in [0.29, 0.717) is 0 Å². The molecule has 0 amide bonds. The van der Waals surface area contributed by atoms with Crippen molar-refractivity contribution in [2.45, 2.75) is 19.3 Å². The van der Waals surface area contributed by atoms with Crippen LogP contribution in [0.1, 0.15) is 19.3 Å². The molecule has 0 spiro atoms. The van der Waals surface area contributed by atoms with Gasteiger partial charge < -0.3 is 14.7 Å². The van der Waals surface area contributed by atoms with Gasteiger partial charge in [0.15, 0.2) is 0 Å². The standard InChI is InChI=1S/C16H22N4.ClH/c1-4-9-18(10-5-1)12-13-20-15-7-3-2-6-14(15)19-11-8-17-16(19)20;/h2-3,6-7H,1,4-5,8-13H2;1H. The Morgan fingerprint density at radius 1 is 0.905 bits per heavy atom. The van der Waals surface area contributed by atoms with Gasteiger partial charge in [0.05, 0.1) is 17.9 Å². The highest BCUT2D eigenvalue weighted by molar-refractivity contribution is 6.17. The Labute approximate surface area is 132 Å². The third kappa shape index (κ3) is 2.62. The molecule has 0 aromatic heterocycles. The number of hydrogen-bond donors (Lipinski definition) is 0. The highest BCUT2D eigenvalue weighted by Crippen LogP contribution is 2.38. The van der Waals surface area contributed by atoms with Gasteiger partial charge in [0.25, 0.3) is 0 Å². The van der Waals surface area contributed by atoms with Crippen molar-refractivity contribution in [1.29, 1.82) is 0 Å². The van der Waals surface area contributed by atoms with Crippen LogP contribution in [-0.2, 0) is 0 Å². The Morgan fingerprint density at radius 3 is 2.48 bits per heavy atom. The number of anilines is 2. The summed E-state index contributed by atoms with van der Waals surface area (Å²) in [5, 5.41) is 0. The van der Waals surface area contributed by atoms with Crippen molar-refractivity contribution in [2.24, 2.45) is 4.99 Å². The molecule has 0 bridgehead atoms. The maximum Gasteiger partial charge on any atom is 0.206 e. The van der Waals surface area contributed by atoms with E-state index in [1.54, 1.807) is 0 Å². The van der Waals surface area contributed by atoms with Crippen LogP contribution in [0.5, 0.6) is 0 Å². The van der Waals surface area contributed by atoms with Crippen molar-refractivity contribution < 1.29 is 0 Å². The molecule has 0 atom stereocenters. The summed E-state index contributed by atoms with van der Waals surface area (Å²) < 4.78 is 0. The van der Waals surface area contributed by atoms with Crippen molar-refractivity contribution >= 4 is 29.7 Å². The van der Waals surface area contributed by atoms with E-state index in [9.17, 15) is 0 Å². The number of benzene rings is 1. The third-order valence-electron chi connectivity index (χ3n) is 4.61. The van der Waals surface area contributed by atoms with Crippen LogP contribution >= 0.6 is 12.4 Å². The number of likely N-dealkylation sites (tertiary alicyclic amines) is 1. The van der Waals surface area contributed by atoms with Crippen molar-refractivity contribution in [2.75, 3.05) is 49.1 Å². The first kappa shape index (κ1) is 14.7. The maximum atomic E-state index is 4.71. The van der Waals surface area contributed by atoms with Gasteiger partial charge >= 0.3 is 0 Å². The molecule has 1 saturated heterocycles. The SMILES string of the molecule is Cl.c1ccc2c(c1)N1CCN=C1N2CCN1CCCCC1. The lowest BCUT2D eigenvalue weighted by molar-refractivity contribution is 0.235. The maximum absolute atomic E-state index is 4.71. The number of halogens is 1. The summed E-state index contributed by atoms with van der Waals surface area (Å²) in [6.07, 6.45) is 4.14. The van der Waals surface area contributed by atoms with Gasteiger partial charge in [0.2, 0.25) is 5.96 Å². The average molecular weight is 307 g/mol. The van der Waals surface area contributed by atoms with Crippen LogP contribution in [0.3, 0.4) is 0 Å². The van der Waals surface area contributed by atoms with E-state index in [2.05, 4.69) is 39.0 Å². The highest BCUT2D eigenvalue weighted by Gasteiger charge is 2.34. The molecule has 3 aliphatic heterocycles. The smallest absolute Gasteiger partial charge is 0.206 e. The van der Waals surface area contributed by atoms with Crippen molar-refractivity contribution in [3.05, 3.63) is 24.3 Å². The molecule has 0 radical (unpaired) electrons. The molecule has 4 rings (SSSR count). The van der Waals surface area contributed by atoms with Crippen LogP contribution in [0.25, 0.3) is 0 Å². The molecule has 0 unspecified atom stereocenters. The number of para-hydroxylation sites is 2. The molecular weight excluding hydrogens is 284 g/mol. The van der Waals surface area contributed by atoms with Crippen molar-refractivity contribution in [3.63, 3.8) is 0 Å². The fraction of sp³-hybridized carbons (Fsp3) is 0.562. The van der Waals surface area contributed by atoms with Crippen molar-refractivity contribution in [3.8, 4) is 0 Å². The summed E-state index contributed by atoms with van der Waals surface area (Å²) in [6, 6.07) is 8.71. The number of hydrogen-bond acceptors (Lipinski definition) is 4. The van der Waals surface area contributed by atoms with Crippen LogP contribution in [0, 0.1) is 0 Å². The van der Waals surface area contributed by atoms with Gasteiger partial charge in [-0.15, -0.1) is 12.4 Å². The first-order valence-electron chi connectivity index (χ1n) is 7.84. The monoisotopic (exact) mass is 306 g/mol. The number of rotatable bonds is 3. The Kier molecular flexibility index (Phi) is 4.36. The summed E-state index contributed by atoms with van der Waals surface area (Å²) in [5.41, 5.74) is 2.67. The summed E-state index contributed by atoms with van der Waals surface area (Å²) in [6.45, 7) is 6.72. The van der Waals surface area contributed by atoms with E-state index < -0.39 is 0 Å². The van der Waals surface area contributed by atoms with Gasteiger partial charge in [-0.25, -0.2) is 0 Å². The van der Waals surface area contributed by atoms with Gasteiger partial charge in [0, 0.05) is 19.6 Å². The predicted octanol–water partition coefficient (Wildman–Crippen LogP) is 2.59. The number of guanidine groups is 1. The molecule has 4 nitrogen and oxygen atoms in total. The van der Waals surface area contributed by atoms with Crippen LogP contribution in [-0.4, -0.2) is 50.1 Å². The number of aliphatic imine (C=N–C) groups is 1. The second-order valence-corrected chi connectivity index (χ2v) is 5.88. The summed E-state index contributed by atoms with van der Waals surface area (Å²) >= 11 is 0. The quantitative estimate of drug-likeness (QED) is 0.857. The largest absolute Gasteiger partial charge is 0.309 e. The van der Waals surface area contributed by atoms with Gasteiger partial charge in [-0.3, -0.25) is 4.99 Å². The summed E-state index contributed by atoms with van der Waals surface area (Å²) in [4.78, 5) is 12.1. The van der Waals surface area contributed by atoms with Crippen LogP contribution in [0.15, 0.2) is 29.3 Å². The summed E-state index contributed by atoms with van der Waals surface area (Å²) in [7, 11) is 0. The van der Waals surface area contributed by atoms with Gasteiger partial charge in [-0.1, -0.05) is 18.6 Å². The van der Waals surface area contributed by atoms with Gasteiger partial charge in [-0.05, 0) is 38.1 Å². The third-order valence-corrected chi connectivity index (χ3v) is 4.61. The van der Waals surface area contributed by atoms with E-state index in [1.165, 1.54) is 49.7 Å². The van der Waals surface area contributed by atoms with Crippen LogP contribution in [0.2, 0.25) is 0 Å². The lowest BCUT2D eigenvalue weighted by Crippen LogP contribution is -2.41. The molecule has 1 aromatic carbocycles. The molecule has 3 aliphatic rings. The van der Waals surface area contributed by atoms with Gasteiger partial charge in [-0.2, -0.15) is 0 Å². The minimum Gasteiger partial charge on any atom is -0.309 e. The molecule has 1 aromatic rings. The fourth-order valence-corrected chi connectivity index (χ4v) is 3.57. The molecule has 0 N–H and O–H groups in total. The van der Waals surface area contributed by atoms with Crippen LogP contribution in [0.4, 0.5) is 11.4 Å². The lowest BCUT2D eigenvalue weighted by Gasteiger charge is -2.29. The molecule has 5 heteroatoms. The Hall–Kier alpha value is -1.26. The van der Waals surface area contributed by atoms with E-state index in [4.69, 9.17) is 4.99 Å². The van der Waals surface area contributed by atoms with E-state index in [0.717, 1.165) is 26.2 Å². The second-order valence-electron chi connectivity index (χ2n) is 5.88. The number of nitrogens with zero attached hydrogens (tertiary/aromatic N) is 4. The van der Waals surface area contributed by atoms with Crippen molar-refractivity contribution in [1.82, 2.24) is 4.90 Å². The lowest BCUT2D eigenvalue weighted by atomic mass is 10.1. The van der Waals surface area contributed by atoms with E-state index in [-0.39, 0.29) is 12.4 Å². The Morgan fingerprint density at radius 2 is 1.67 bits per heavy atom. The number of fused-ring (bicyclic) bond motifs is 3. The molecule has 1 fully saturated rings.